The molecule has 0 aromatic carbocycles. The SMILES string of the molecule is O=c1ccc2c([nH]1)CCCC2NC1COC1. The molecule has 0 saturated carbocycles. The second kappa shape index (κ2) is 4.03. The number of pyridine rings is 1. The Labute approximate surface area is 94.0 Å². The van der Waals surface area contributed by atoms with Crippen LogP contribution in [0.2, 0.25) is 0 Å². The van der Waals surface area contributed by atoms with E-state index in [0.29, 0.717) is 12.1 Å². The van der Waals surface area contributed by atoms with Crippen LogP contribution in [0.4, 0.5) is 0 Å². The summed E-state index contributed by atoms with van der Waals surface area (Å²) in [5.41, 5.74) is 2.38. The highest BCUT2D eigenvalue weighted by atomic mass is 16.5. The molecule has 0 radical (unpaired) electrons. The van der Waals surface area contributed by atoms with Gasteiger partial charge in [-0.15, -0.1) is 0 Å². The summed E-state index contributed by atoms with van der Waals surface area (Å²) in [7, 11) is 0. The maximum absolute atomic E-state index is 11.2. The number of nitrogens with one attached hydrogen (secondary N) is 2. The van der Waals surface area contributed by atoms with E-state index in [4.69, 9.17) is 4.74 Å². The normalized spacial score (nSPS) is 24.9. The van der Waals surface area contributed by atoms with E-state index in [1.54, 1.807) is 6.07 Å². The van der Waals surface area contributed by atoms with E-state index in [-0.39, 0.29) is 5.56 Å². The molecule has 3 rings (SSSR count). The number of aryl methyl sites for hydroxylation is 1. The van der Waals surface area contributed by atoms with Crippen molar-refractivity contribution in [2.24, 2.45) is 0 Å². The van der Waals surface area contributed by atoms with Gasteiger partial charge in [-0.2, -0.15) is 0 Å². The number of H-pyrrole nitrogens is 1. The van der Waals surface area contributed by atoms with Crippen molar-refractivity contribution in [3.63, 3.8) is 0 Å². The highest BCUT2D eigenvalue weighted by Gasteiger charge is 2.26. The molecule has 86 valence electrons. The predicted octanol–water partition coefficient (Wildman–Crippen LogP) is 0.741. The van der Waals surface area contributed by atoms with E-state index in [9.17, 15) is 4.79 Å². The molecule has 1 unspecified atom stereocenters. The standard InChI is InChI=1S/C12H16N2O2/c15-12-5-4-9-10(13-8-6-16-7-8)2-1-3-11(9)14-12/h4-5,8,10,13H,1-3,6-7H2,(H,14,15). The van der Waals surface area contributed by atoms with Crippen LogP contribution in [0, 0.1) is 0 Å². The minimum Gasteiger partial charge on any atom is -0.378 e. The Balaban J connectivity index is 1.84. The van der Waals surface area contributed by atoms with Crippen molar-refractivity contribution in [2.45, 2.75) is 31.3 Å². The Kier molecular flexibility index (Phi) is 2.53. The predicted molar refractivity (Wildman–Crippen MR) is 60.5 cm³/mol. The number of ether oxygens (including phenoxy) is 1. The molecular formula is C12H16N2O2. The number of fused-ring (bicyclic) bond motifs is 1. The van der Waals surface area contributed by atoms with Gasteiger partial charge in [-0.05, 0) is 24.8 Å². The molecule has 2 aliphatic rings. The Morgan fingerprint density at radius 1 is 1.38 bits per heavy atom. The first-order chi connectivity index (χ1) is 7.83. The lowest BCUT2D eigenvalue weighted by atomic mass is 9.90. The number of aromatic nitrogens is 1. The second-order valence-corrected chi connectivity index (χ2v) is 4.60. The fourth-order valence-electron chi connectivity index (χ4n) is 2.49. The van der Waals surface area contributed by atoms with Crippen molar-refractivity contribution in [3.8, 4) is 0 Å². The molecular weight excluding hydrogens is 204 g/mol. The molecule has 0 bridgehead atoms. The first-order valence-electron chi connectivity index (χ1n) is 5.89. The van der Waals surface area contributed by atoms with Gasteiger partial charge in [-0.25, -0.2) is 0 Å². The third kappa shape index (κ3) is 1.79. The van der Waals surface area contributed by atoms with Gasteiger partial charge in [-0.3, -0.25) is 4.79 Å². The van der Waals surface area contributed by atoms with Crippen LogP contribution in [-0.2, 0) is 11.2 Å². The quantitative estimate of drug-likeness (QED) is 0.773. The zero-order chi connectivity index (χ0) is 11.0. The van der Waals surface area contributed by atoms with Crippen LogP contribution in [-0.4, -0.2) is 24.2 Å². The van der Waals surface area contributed by atoms with Crippen molar-refractivity contribution in [1.82, 2.24) is 10.3 Å². The van der Waals surface area contributed by atoms with Crippen LogP contribution in [0.5, 0.6) is 0 Å². The third-order valence-corrected chi connectivity index (χ3v) is 3.41. The minimum atomic E-state index is 0.00591. The Hall–Kier alpha value is -1.13. The van der Waals surface area contributed by atoms with Crippen molar-refractivity contribution in [2.75, 3.05) is 13.2 Å². The molecule has 2 N–H and O–H groups in total. The Bertz CT molecular complexity index is 437. The van der Waals surface area contributed by atoms with E-state index < -0.39 is 0 Å². The van der Waals surface area contributed by atoms with Gasteiger partial charge in [0.2, 0.25) is 5.56 Å². The minimum absolute atomic E-state index is 0.00591. The molecule has 1 aromatic heterocycles. The summed E-state index contributed by atoms with van der Waals surface area (Å²) in [6, 6.07) is 4.46. The van der Waals surface area contributed by atoms with Crippen molar-refractivity contribution in [3.05, 3.63) is 33.7 Å². The average Bonchev–Trinajstić information content (AvgIpc) is 2.23. The summed E-state index contributed by atoms with van der Waals surface area (Å²) in [4.78, 5) is 14.2. The summed E-state index contributed by atoms with van der Waals surface area (Å²) in [6.07, 6.45) is 3.28. The molecule has 1 aliphatic carbocycles. The summed E-state index contributed by atoms with van der Waals surface area (Å²) < 4.78 is 5.16. The van der Waals surface area contributed by atoms with Gasteiger partial charge < -0.3 is 15.0 Å². The first-order valence-corrected chi connectivity index (χ1v) is 5.89. The zero-order valence-electron chi connectivity index (χ0n) is 9.16. The molecule has 1 aromatic rings. The van der Waals surface area contributed by atoms with Crippen LogP contribution in [0.25, 0.3) is 0 Å². The molecule has 1 atom stereocenters. The summed E-state index contributed by atoms with van der Waals surface area (Å²) in [6.45, 7) is 1.63. The van der Waals surface area contributed by atoms with Gasteiger partial charge in [0.1, 0.15) is 0 Å². The highest BCUT2D eigenvalue weighted by molar-refractivity contribution is 5.26. The molecule has 1 saturated heterocycles. The van der Waals surface area contributed by atoms with Gasteiger partial charge in [0.15, 0.2) is 0 Å². The molecule has 1 aliphatic heterocycles. The molecule has 2 heterocycles. The van der Waals surface area contributed by atoms with Crippen molar-refractivity contribution >= 4 is 0 Å². The molecule has 0 amide bonds. The zero-order valence-corrected chi connectivity index (χ0v) is 9.16. The molecule has 4 heteroatoms. The second-order valence-electron chi connectivity index (χ2n) is 4.60. The summed E-state index contributed by atoms with van der Waals surface area (Å²) >= 11 is 0. The number of aromatic amines is 1. The highest BCUT2D eigenvalue weighted by Crippen LogP contribution is 2.28. The van der Waals surface area contributed by atoms with Crippen molar-refractivity contribution < 1.29 is 4.74 Å². The third-order valence-electron chi connectivity index (χ3n) is 3.41. The molecule has 4 nitrogen and oxygen atoms in total. The summed E-state index contributed by atoms with van der Waals surface area (Å²) in [5, 5.41) is 3.58. The van der Waals surface area contributed by atoms with E-state index >= 15 is 0 Å². The van der Waals surface area contributed by atoms with E-state index in [0.717, 1.165) is 38.2 Å². The van der Waals surface area contributed by atoms with Gasteiger partial charge >= 0.3 is 0 Å². The van der Waals surface area contributed by atoms with E-state index in [1.807, 2.05) is 6.07 Å². The van der Waals surface area contributed by atoms with Gasteiger partial charge in [0.25, 0.3) is 0 Å². The number of hydrogen-bond acceptors (Lipinski definition) is 3. The monoisotopic (exact) mass is 220 g/mol. The average molecular weight is 220 g/mol. The first kappa shape index (κ1) is 10.1. The van der Waals surface area contributed by atoms with Crippen molar-refractivity contribution in [1.29, 1.82) is 0 Å². The maximum atomic E-state index is 11.2. The van der Waals surface area contributed by atoms with Crippen LogP contribution < -0.4 is 10.9 Å². The summed E-state index contributed by atoms with van der Waals surface area (Å²) in [5.74, 6) is 0. The van der Waals surface area contributed by atoms with Crippen LogP contribution in [0.1, 0.15) is 30.1 Å². The van der Waals surface area contributed by atoms with Crippen LogP contribution in [0.15, 0.2) is 16.9 Å². The maximum Gasteiger partial charge on any atom is 0.248 e. The number of rotatable bonds is 2. The van der Waals surface area contributed by atoms with E-state index in [2.05, 4.69) is 10.3 Å². The smallest absolute Gasteiger partial charge is 0.248 e. The lowest BCUT2D eigenvalue weighted by Gasteiger charge is -2.34. The fraction of sp³-hybridized carbons (Fsp3) is 0.583. The van der Waals surface area contributed by atoms with Crippen LogP contribution in [0.3, 0.4) is 0 Å². The molecule has 16 heavy (non-hydrogen) atoms. The lowest BCUT2D eigenvalue weighted by molar-refractivity contribution is -0.0110. The topological polar surface area (TPSA) is 54.1 Å². The molecule has 0 spiro atoms. The largest absolute Gasteiger partial charge is 0.378 e. The fourth-order valence-corrected chi connectivity index (χ4v) is 2.49. The van der Waals surface area contributed by atoms with Gasteiger partial charge in [0.05, 0.1) is 19.3 Å². The van der Waals surface area contributed by atoms with Gasteiger partial charge in [-0.1, -0.05) is 6.07 Å². The Morgan fingerprint density at radius 3 is 3.00 bits per heavy atom. The van der Waals surface area contributed by atoms with Gasteiger partial charge in [0, 0.05) is 17.8 Å². The van der Waals surface area contributed by atoms with Crippen LogP contribution >= 0.6 is 0 Å². The number of hydrogen-bond donors (Lipinski definition) is 2. The van der Waals surface area contributed by atoms with E-state index in [1.165, 1.54) is 5.56 Å². The Morgan fingerprint density at radius 2 is 2.25 bits per heavy atom. The lowest BCUT2D eigenvalue weighted by Crippen LogP contribution is -2.48. The molecule has 1 fully saturated rings.